The lowest BCUT2D eigenvalue weighted by Crippen LogP contribution is -2.36. The molecule has 26 heavy (non-hydrogen) atoms. The van der Waals surface area contributed by atoms with E-state index in [1.165, 1.54) is 6.42 Å². The summed E-state index contributed by atoms with van der Waals surface area (Å²) in [5.74, 6) is 0.288. The van der Waals surface area contributed by atoms with Gasteiger partial charge in [0.1, 0.15) is 5.75 Å². The molecule has 7 heteroatoms. The molecular formula is C19H30ClN3O3. The first-order chi connectivity index (χ1) is 12.1. The zero-order chi connectivity index (χ0) is 18.2. The van der Waals surface area contributed by atoms with Crippen molar-refractivity contribution in [1.82, 2.24) is 4.90 Å². The van der Waals surface area contributed by atoms with Gasteiger partial charge in [0, 0.05) is 18.7 Å². The highest BCUT2D eigenvalue weighted by Gasteiger charge is 2.21. The Bertz CT molecular complexity index is 604. The van der Waals surface area contributed by atoms with E-state index in [2.05, 4.69) is 5.32 Å². The normalized spacial score (nSPS) is 15.0. The minimum absolute atomic E-state index is 0. The standard InChI is InChI=1S/C19H29N3O3.ClH/c1-3-8-15(20)18(23)21-16-13-14(9-10-17(16)25-4-2)19(24)22-11-6-5-7-12-22;/h9-10,13,15H,3-8,11-12,20H2,1-2H3,(H,21,23);1H. The van der Waals surface area contributed by atoms with Gasteiger partial charge in [0.05, 0.1) is 18.3 Å². The predicted molar refractivity (Wildman–Crippen MR) is 106 cm³/mol. The maximum atomic E-state index is 12.7. The van der Waals surface area contributed by atoms with Gasteiger partial charge in [-0.1, -0.05) is 13.3 Å². The number of anilines is 1. The summed E-state index contributed by atoms with van der Waals surface area (Å²) in [5, 5.41) is 2.82. The Labute approximate surface area is 161 Å². The first kappa shape index (κ1) is 22.3. The zero-order valence-corrected chi connectivity index (χ0v) is 16.4. The van der Waals surface area contributed by atoms with E-state index in [1.54, 1.807) is 18.2 Å². The van der Waals surface area contributed by atoms with Gasteiger partial charge in [-0.2, -0.15) is 0 Å². The van der Waals surface area contributed by atoms with E-state index in [0.717, 1.165) is 32.4 Å². The largest absolute Gasteiger partial charge is 0.492 e. The summed E-state index contributed by atoms with van der Waals surface area (Å²) >= 11 is 0. The third-order valence-electron chi connectivity index (χ3n) is 4.36. The van der Waals surface area contributed by atoms with Crippen LogP contribution in [-0.4, -0.2) is 42.5 Å². The number of nitrogens with two attached hydrogens (primary N) is 1. The number of benzene rings is 1. The molecule has 0 saturated carbocycles. The number of hydrogen-bond donors (Lipinski definition) is 2. The molecule has 2 amide bonds. The molecule has 0 aromatic heterocycles. The van der Waals surface area contributed by atoms with Crippen molar-refractivity contribution in [2.75, 3.05) is 25.0 Å². The fourth-order valence-electron chi connectivity index (χ4n) is 2.99. The fraction of sp³-hybridized carbons (Fsp3) is 0.579. The van der Waals surface area contributed by atoms with Gasteiger partial charge in [0.2, 0.25) is 5.91 Å². The second-order valence-electron chi connectivity index (χ2n) is 6.38. The van der Waals surface area contributed by atoms with E-state index in [9.17, 15) is 9.59 Å². The molecular weight excluding hydrogens is 354 g/mol. The fourth-order valence-corrected chi connectivity index (χ4v) is 2.99. The van der Waals surface area contributed by atoms with Gasteiger partial charge >= 0.3 is 0 Å². The number of amides is 2. The lowest BCUT2D eigenvalue weighted by molar-refractivity contribution is -0.117. The molecule has 1 atom stereocenters. The van der Waals surface area contributed by atoms with Crippen LogP contribution in [0.3, 0.4) is 0 Å². The smallest absolute Gasteiger partial charge is 0.253 e. The summed E-state index contributed by atoms with van der Waals surface area (Å²) in [4.78, 5) is 26.8. The summed E-state index contributed by atoms with van der Waals surface area (Å²) < 4.78 is 5.58. The van der Waals surface area contributed by atoms with Crippen LogP contribution in [0.4, 0.5) is 5.69 Å². The van der Waals surface area contributed by atoms with Crippen LogP contribution in [0.15, 0.2) is 18.2 Å². The molecule has 0 aliphatic carbocycles. The molecule has 6 nitrogen and oxygen atoms in total. The van der Waals surface area contributed by atoms with Crippen molar-refractivity contribution in [2.24, 2.45) is 5.73 Å². The summed E-state index contributed by atoms with van der Waals surface area (Å²) in [6.07, 6.45) is 4.70. The number of carbonyl (C=O) groups excluding carboxylic acids is 2. The van der Waals surface area contributed by atoms with E-state index in [0.29, 0.717) is 30.0 Å². The molecule has 1 aromatic rings. The van der Waals surface area contributed by atoms with E-state index in [1.807, 2.05) is 18.7 Å². The lowest BCUT2D eigenvalue weighted by Gasteiger charge is -2.27. The summed E-state index contributed by atoms with van der Waals surface area (Å²) in [6.45, 7) is 5.91. The average Bonchev–Trinajstić information content (AvgIpc) is 2.63. The molecule has 0 radical (unpaired) electrons. The van der Waals surface area contributed by atoms with Crippen molar-refractivity contribution in [2.45, 2.75) is 52.0 Å². The molecule has 1 aliphatic rings. The Hall–Kier alpha value is -1.79. The summed E-state index contributed by atoms with van der Waals surface area (Å²) in [5.41, 5.74) is 6.95. The number of nitrogens with zero attached hydrogens (tertiary/aromatic N) is 1. The van der Waals surface area contributed by atoms with Gasteiger partial charge in [-0.05, 0) is 50.8 Å². The van der Waals surface area contributed by atoms with Crippen LogP contribution in [0.5, 0.6) is 5.75 Å². The number of likely N-dealkylation sites (tertiary alicyclic amines) is 1. The number of nitrogens with one attached hydrogen (secondary N) is 1. The molecule has 1 saturated heterocycles. The maximum Gasteiger partial charge on any atom is 0.253 e. The lowest BCUT2D eigenvalue weighted by atomic mass is 10.1. The Morgan fingerprint density at radius 1 is 1.23 bits per heavy atom. The quantitative estimate of drug-likeness (QED) is 0.757. The second kappa shape index (κ2) is 11.0. The van der Waals surface area contributed by atoms with Gasteiger partial charge in [0.15, 0.2) is 0 Å². The third-order valence-corrected chi connectivity index (χ3v) is 4.36. The minimum atomic E-state index is -0.569. The van der Waals surface area contributed by atoms with Gasteiger partial charge < -0.3 is 20.7 Å². The van der Waals surface area contributed by atoms with E-state index < -0.39 is 6.04 Å². The van der Waals surface area contributed by atoms with Gasteiger partial charge in [0.25, 0.3) is 5.91 Å². The predicted octanol–water partition coefficient (Wildman–Crippen LogP) is 3.20. The van der Waals surface area contributed by atoms with Gasteiger partial charge in [-0.25, -0.2) is 0 Å². The molecule has 146 valence electrons. The van der Waals surface area contributed by atoms with Gasteiger partial charge in [-0.15, -0.1) is 12.4 Å². The van der Waals surface area contributed by atoms with Crippen LogP contribution in [0.1, 0.15) is 56.3 Å². The Kier molecular flexibility index (Phi) is 9.44. The van der Waals surface area contributed by atoms with Crippen LogP contribution in [0, 0.1) is 0 Å². The van der Waals surface area contributed by atoms with E-state index in [-0.39, 0.29) is 24.2 Å². The summed E-state index contributed by atoms with van der Waals surface area (Å²) in [7, 11) is 0. The molecule has 2 rings (SSSR count). The molecule has 0 spiro atoms. The molecule has 1 fully saturated rings. The van der Waals surface area contributed by atoms with Crippen molar-refractivity contribution in [3.8, 4) is 5.75 Å². The van der Waals surface area contributed by atoms with Crippen molar-refractivity contribution in [1.29, 1.82) is 0 Å². The molecule has 1 aliphatic heterocycles. The van der Waals surface area contributed by atoms with E-state index in [4.69, 9.17) is 10.5 Å². The topological polar surface area (TPSA) is 84.7 Å². The van der Waals surface area contributed by atoms with Crippen LogP contribution in [-0.2, 0) is 4.79 Å². The Morgan fingerprint density at radius 3 is 2.54 bits per heavy atom. The highest BCUT2D eigenvalue weighted by Crippen LogP contribution is 2.27. The third kappa shape index (κ3) is 5.88. The van der Waals surface area contributed by atoms with Crippen molar-refractivity contribution < 1.29 is 14.3 Å². The highest BCUT2D eigenvalue weighted by atomic mass is 35.5. The number of halogens is 1. The number of rotatable bonds is 7. The first-order valence-electron chi connectivity index (χ1n) is 9.19. The number of carbonyl (C=O) groups is 2. The molecule has 1 aromatic carbocycles. The molecule has 1 unspecified atom stereocenters. The average molecular weight is 384 g/mol. The zero-order valence-electron chi connectivity index (χ0n) is 15.6. The van der Waals surface area contributed by atoms with Crippen LogP contribution in [0.25, 0.3) is 0 Å². The number of piperidine rings is 1. The SMILES string of the molecule is CCCC(N)C(=O)Nc1cc(C(=O)N2CCCCC2)ccc1OCC.Cl. The van der Waals surface area contributed by atoms with Crippen molar-refractivity contribution in [3.05, 3.63) is 23.8 Å². The number of ether oxygens (including phenoxy) is 1. The highest BCUT2D eigenvalue weighted by molar-refractivity contribution is 5.99. The molecule has 1 heterocycles. The first-order valence-corrected chi connectivity index (χ1v) is 9.19. The summed E-state index contributed by atoms with van der Waals surface area (Å²) in [6, 6.07) is 4.62. The maximum absolute atomic E-state index is 12.7. The van der Waals surface area contributed by atoms with Crippen molar-refractivity contribution in [3.63, 3.8) is 0 Å². The van der Waals surface area contributed by atoms with Crippen molar-refractivity contribution >= 4 is 29.9 Å². The van der Waals surface area contributed by atoms with Crippen LogP contribution < -0.4 is 15.8 Å². The minimum Gasteiger partial charge on any atom is -0.492 e. The van der Waals surface area contributed by atoms with Gasteiger partial charge in [-0.3, -0.25) is 9.59 Å². The van der Waals surface area contributed by atoms with Crippen LogP contribution >= 0.6 is 12.4 Å². The molecule has 3 N–H and O–H groups in total. The second-order valence-corrected chi connectivity index (χ2v) is 6.38. The van der Waals surface area contributed by atoms with E-state index >= 15 is 0 Å². The van der Waals surface area contributed by atoms with Crippen LogP contribution in [0.2, 0.25) is 0 Å². The Morgan fingerprint density at radius 2 is 1.92 bits per heavy atom. The number of hydrogen-bond acceptors (Lipinski definition) is 4. The monoisotopic (exact) mass is 383 g/mol. The molecule has 0 bridgehead atoms. The Balaban J connectivity index is 0.00000338.